The number of hydrogen-bond acceptors (Lipinski definition) is 3. The van der Waals surface area contributed by atoms with Crippen LogP contribution in [0.1, 0.15) is 44.1 Å². The van der Waals surface area contributed by atoms with Gasteiger partial charge in [-0.1, -0.05) is 30.5 Å². The summed E-state index contributed by atoms with van der Waals surface area (Å²) in [7, 11) is -3.68. The lowest BCUT2D eigenvalue weighted by molar-refractivity contribution is -0.136. The van der Waals surface area contributed by atoms with E-state index in [-0.39, 0.29) is 22.4 Å². The lowest BCUT2D eigenvalue weighted by Crippen LogP contribution is -2.45. The van der Waals surface area contributed by atoms with Gasteiger partial charge in [-0.05, 0) is 37.8 Å². The van der Waals surface area contributed by atoms with Crippen molar-refractivity contribution in [3.63, 3.8) is 0 Å². The van der Waals surface area contributed by atoms with Gasteiger partial charge in [0.05, 0.1) is 5.75 Å². The summed E-state index contributed by atoms with van der Waals surface area (Å²) < 4.78 is 40.7. The maximum atomic E-state index is 13.9. The third kappa shape index (κ3) is 5.00. The zero-order valence-electron chi connectivity index (χ0n) is 15.4. The summed E-state index contributed by atoms with van der Waals surface area (Å²) in [6.07, 6.45) is 5.45. The molecule has 150 valence electrons. The number of hydrogen-bond donors (Lipinski definition) is 0. The van der Waals surface area contributed by atoms with Gasteiger partial charge in [-0.3, -0.25) is 4.79 Å². The van der Waals surface area contributed by atoms with E-state index in [0.717, 1.165) is 25.9 Å². The number of sulfonamides is 1. The molecule has 0 atom stereocenters. The normalized spacial score (nSPS) is 20.4. The van der Waals surface area contributed by atoms with E-state index < -0.39 is 21.6 Å². The summed E-state index contributed by atoms with van der Waals surface area (Å²) in [5, 5.41) is 0.116. The second-order valence-electron chi connectivity index (χ2n) is 7.37. The summed E-state index contributed by atoms with van der Waals surface area (Å²) in [4.78, 5) is 14.7. The molecule has 0 spiro atoms. The minimum Gasteiger partial charge on any atom is -0.342 e. The molecule has 2 aliphatic heterocycles. The van der Waals surface area contributed by atoms with E-state index >= 15 is 0 Å². The first kappa shape index (κ1) is 20.6. The van der Waals surface area contributed by atoms with Gasteiger partial charge in [0, 0.05) is 42.7 Å². The van der Waals surface area contributed by atoms with Crippen molar-refractivity contribution in [3.05, 3.63) is 34.6 Å². The molecule has 0 N–H and O–H groups in total. The number of benzene rings is 1. The maximum Gasteiger partial charge on any atom is 0.225 e. The van der Waals surface area contributed by atoms with Crippen LogP contribution in [0.2, 0.25) is 5.02 Å². The highest BCUT2D eigenvalue weighted by atomic mass is 35.5. The summed E-state index contributed by atoms with van der Waals surface area (Å²) in [5.74, 6) is -1.03. The molecule has 8 heteroatoms. The van der Waals surface area contributed by atoms with Crippen LogP contribution in [0.25, 0.3) is 0 Å². The Hall–Kier alpha value is -1.18. The number of rotatable bonds is 4. The first-order valence-corrected chi connectivity index (χ1v) is 11.6. The molecule has 3 rings (SSSR count). The summed E-state index contributed by atoms with van der Waals surface area (Å²) in [5.41, 5.74) is 0.00179. The van der Waals surface area contributed by atoms with E-state index in [2.05, 4.69) is 0 Å². The molecule has 0 aliphatic carbocycles. The number of carbonyl (C=O) groups is 1. The van der Waals surface area contributed by atoms with E-state index in [1.165, 1.54) is 35.3 Å². The molecule has 0 aromatic heterocycles. The zero-order valence-corrected chi connectivity index (χ0v) is 16.9. The van der Waals surface area contributed by atoms with Gasteiger partial charge in [0.25, 0.3) is 0 Å². The Morgan fingerprint density at radius 1 is 1.07 bits per heavy atom. The first-order valence-electron chi connectivity index (χ1n) is 9.58. The van der Waals surface area contributed by atoms with Crippen LogP contribution in [0.5, 0.6) is 0 Å². The molecule has 0 saturated carbocycles. The predicted octanol–water partition coefficient (Wildman–Crippen LogP) is 3.42. The summed E-state index contributed by atoms with van der Waals surface area (Å²) in [6, 6.07) is 4.15. The van der Waals surface area contributed by atoms with Crippen LogP contribution < -0.4 is 0 Å². The Morgan fingerprint density at radius 3 is 2.30 bits per heavy atom. The number of nitrogens with zero attached hydrogens (tertiary/aromatic N) is 2. The molecule has 2 heterocycles. The van der Waals surface area contributed by atoms with Crippen LogP contribution in [-0.4, -0.2) is 49.7 Å². The van der Waals surface area contributed by atoms with Crippen LogP contribution in [0, 0.1) is 11.7 Å². The maximum absolute atomic E-state index is 13.9. The van der Waals surface area contributed by atoms with Gasteiger partial charge >= 0.3 is 0 Å². The van der Waals surface area contributed by atoms with Gasteiger partial charge in [-0.25, -0.2) is 17.1 Å². The Kier molecular flexibility index (Phi) is 6.76. The smallest absolute Gasteiger partial charge is 0.225 e. The second kappa shape index (κ2) is 8.88. The Labute approximate surface area is 165 Å². The van der Waals surface area contributed by atoms with Gasteiger partial charge < -0.3 is 4.90 Å². The molecule has 1 amide bonds. The highest BCUT2D eigenvalue weighted by Crippen LogP contribution is 2.27. The van der Waals surface area contributed by atoms with Crippen molar-refractivity contribution in [2.24, 2.45) is 5.92 Å². The van der Waals surface area contributed by atoms with E-state index in [4.69, 9.17) is 11.6 Å². The third-order valence-electron chi connectivity index (χ3n) is 5.50. The molecule has 2 saturated heterocycles. The van der Waals surface area contributed by atoms with Crippen molar-refractivity contribution in [3.8, 4) is 0 Å². The molecular weight excluding hydrogens is 391 g/mol. The van der Waals surface area contributed by atoms with E-state index in [1.54, 1.807) is 0 Å². The number of amides is 1. The van der Waals surface area contributed by atoms with Crippen LogP contribution in [0.3, 0.4) is 0 Å². The van der Waals surface area contributed by atoms with E-state index in [1.807, 2.05) is 4.90 Å². The standard InChI is InChI=1S/C19H26ClFN2O3S/c20-17-6-5-7-18(21)16(17)14-27(25,26)23-12-8-15(9-13-23)19(24)22-10-3-1-2-4-11-22/h5-7,15H,1-4,8-14H2. The minimum absolute atomic E-state index is 0.00179. The molecule has 2 aliphatic rings. The molecular formula is C19H26ClFN2O3S. The summed E-state index contributed by atoms with van der Waals surface area (Å²) in [6.45, 7) is 2.20. The molecule has 0 unspecified atom stereocenters. The number of carbonyl (C=O) groups excluding carboxylic acids is 1. The summed E-state index contributed by atoms with van der Waals surface area (Å²) >= 11 is 5.97. The van der Waals surface area contributed by atoms with Gasteiger partial charge in [0.1, 0.15) is 5.82 Å². The van der Waals surface area contributed by atoms with Gasteiger partial charge in [-0.2, -0.15) is 0 Å². The Balaban J connectivity index is 1.60. The molecule has 27 heavy (non-hydrogen) atoms. The molecule has 5 nitrogen and oxygen atoms in total. The quantitative estimate of drug-likeness (QED) is 0.755. The predicted molar refractivity (Wildman–Crippen MR) is 103 cm³/mol. The largest absolute Gasteiger partial charge is 0.342 e. The van der Waals surface area contributed by atoms with Crippen molar-refractivity contribution >= 4 is 27.5 Å². The topological polar surface area (TPSA) is 57.7 Å². The van der Waals surface area contributed by atoms with E-state index in [9.17, 15) is 17.6 Å². The highest BCUT2D eigenvalue weighted by molar-refractivity contribution is 7.88. The van der Waals surface area contributed by atoms with E-state index in [0.29, 0.717) is 25.9 Å². The molecule has 1 aromatic rings. The van der Waals surface area contributed by atoms with Crippen molar-refractivity contribution in [2.75, 3.05) is 26.2 Å². The van der Waals surface area contributed by atoms with Gasteiger partial charge in [-0.15, -0.1) is 0 Å². The second-order valence-corrected chi connectivity index (χ2v) is 9.75. The first-order chi connectivity index (χ1) is 12.9. The average Bonchev–Trinajstić information content (AvgIpc) is 2.94. The molecule has 2 fully saturated rings. The van der Waals surface area contributed by atoms with Crippen LogP contribution in [-0.2, 0) is 20.6 Å². The lowest BCUT2D eigenvalue weighted by atomic mass is 9.96. The van der Waals surface area contributed by atoms with Crippen molar-refractivity contribution in [1.82, 2.24) is 9.21 Å². The van der Waals surface area contributed by atoms with Crippen LogP contribution in [0.15, 0.2) is 18.2 Å². The molecule has 1 aromatic carbocycles. The van der Waals surface area contributed by atoms with Crippen LogP contribution in [0.4, 0.5) is 4.39 Å². The van der Waals surface area contributed by atoms with Crippen LogP contribution >= 0.6 is 11.6 Å². The fourth-order valence-electron chi connectivity index (χ4n) is 3.87. The number of likely N-dealkylation sites (tertiary alicyclic amines) is 1. The Morgan fingerprint density at radius 2 is 1.70 bits per heavy atom. The SMILES string of the molecule is O=C(C1CCN(S(=O)(=O)Cc2c(F)cccc2Cl)CC1)N1CCCCCC1. The minimum atomic E-state index is -3.68. The molecule has 0 bridgehead atoms. The fraction of sp³-hybridized carbons (Fsp3) is 0.632. The van der Waals surface area contributed by atoms with Crippen molar-refractivity contribution in [1.29, 1.82) is 0 Å². The number of piperidine rings is 1. The lowest BCUT2D eigenvalue weighted by Gasteiger charge is -2.33. The van der Waals surface area contributed by atoms with Gasteiger partial charge in [0.2, 0.25) is 15.9 Å². The average molecular weight is 417 g/mol. The number of halogens is 2. The highest BCUT2D eigenvalue weighted by Gasteiger charge is 2.33. The Bertz CT molecular complexity index is 751. The van der Waals surface area contributed by atoms with Gasteiger partial charge in [0.15, 0.2) is 0 Å². The fourth-order valence-corrected chi connectivity index (χ4v) is 5.79. The van der Waals surface area contributed by atoms with Crippen molar-refractivity contribution in [2.45, 2.75) is 44.3 Å². The zero-order chi connectivity index (χ0) is 19.4. The third-order valence-corrected chi connectivity index (χ3v) is 7.66. The molecule has 0 radical (unpaired) electrons. The van der Waals surface area contributed by atoms with Crippen molar-refractivity contribution < 1.29 is 17.6 Å². The monoisotopic (exact) mass is 416 g/mol.